The Labute approximate surface area is 174 Å². The first-order chi connectivity index (χ1) is 14.2. The molecule has 0 unspecified atom stereocenters. The number of phenolic OH excluding ortho intramolecular Hbond substituents is 1. The first-order valence-corrected chi connectivity index (χ1v) is 9.43. The molecule has 0 bridgehead atoms. The van der Waals surface area contributed by atoms with E-state index in [0.29, 0.717) is 25.8 Å². The summed E-state index contributed by atoms with van der Waals surface area (Å²) < 4.78 is 0. The largest absolute Gasteiger partial charge is 0.508 e. The second-order valence-corrected chi connectivity index (χ2v) is 6.63. The van der Waals surface area contributed by atoms with Gasteiger partial charge in [0.05, 0.1) is 6.04 Å². The molecule has 0 heterocycles. The zero-order chi connectivity index (χ0) is 22.5. The monoisotopic (exact) mass is 417 g/mol. The minimum absolute atomic E-state index is 0.121. The van der Waals surface area contributed by atoms with Gasteiger partial charge in [0.2, 0.25) is 5.91 Å². The van der Waals surface area contributed by atoms with Crippen molar-refractivity contribution in [3.8, 4) is 5.75 Å². The fraction of sp³-hybridized carbons (Fsp3) is 0.333. The Bertz CT molecular complexity index is 763. The molecular weight excluding hydrogens is 390 g/mol. The molecule has 1 aromatic rings. The van der Waals surface area contributed by atoms with Gasteiger partial charge < -0.3 is 27.0 Å². The number of hydrogen-bond acceptors (Lipinski definition) is 7. The highest BCUT2D eigenvalue weighted by atomic mass is 16.4. The summed E-state index contributed by atoms with van der Waals surface area (Å²) in [6.07, 6.45) is 6.93. The lowest BCUT2D eigenvalue weighted by Crippen LogP contribution is -2.49. The summed E-state index contributed by atoms with van der Waals surface area (Å²) in [7, 11) is 0. The first-order valence-electron chi connectivity index (χ1n) is 9.43. The summed E-state index contributed by atoms with van der Waals surface area (Å²) in [5, 5.41) is 20.8. The van der Waals surface area contributed by atoms with Gasteiger partial charge in [-0.15, -0.1) is 0 Å². The molecule has 0 radical (unpaired) electrons. The molecule has 162 valence electrons. The number of carbonyl (C=O) groups is 4. The van der Waals surface area contributed by atoms with Crippen molar-refractivity contribution in [3.05, 3.63) is 54.1 Å². The van der Waals surface area contributed by atoms with Gasteiger partial charge in [0.15, 0.2) is 11.6 Å². The molecule has 0 saturated carbocycles. The van der Waals surface area contributed by atoms with Crippen LogP contribution in [0, 0.1) is 0 Å². The second-order valence-electron chi connectivity index (χ2n) is 6.63. The number of benzene rings is 1. The maximum absolute atomic E-state index is 12.0. The number of hydrogen-bond donors (Lipinski definition) is 5. The fourth-order valence-corrected chi connectivity index (χ4v) is 2.45. The maximum Gasteiger partial charge on any atom is 0.326 e. The molecule has 30 heavy (non-hydrogen) atoms. The van der Waals surface area contributed by atoms with Crippen LogP contribution in [0.2, 0.25) is 0 Å². The van der Waals surface area contributed by atoms with E-state index in [1.54, 1.807) is 12.1 Å². The number of carboxylic acids is 1. The smallest absolute Gasteiger partial charge is 0.326 e. The maximum atomic E-state index is 12.0. The molecular formula is C21H27N3O6. The number of nitrogens with two attached hydrogens (primary N) is 2. The molecule has 0 aliphatic heterocycles. The van der Waals surface area contributed by atoms with E-state index in [-0.39, 0.29) is 23.7 Å². The molecule has 0 saturated heterocycles. The minimum atomic E-state index is -1.08. The Hall–Kier alpha value is -3.30. The zero-order valence-corrected chi connectivity index (χ0v) is 16.5. The average molecular weight is 417 g/mol. The van der Waals surface area contributed by atoms with E-state index in [0.717, 1.165) is 5.56 Å². The van der Waals surface area contributed by atoms with E-state index in [1.165, 1.54) is 36.4 Å². The molecule has 2 atom stereocenters. The van der Waals surface area contributed by atoms with E-state index < -0.39 is 24.0 Å². The van der Waals surface area contributed by atoms with Crippen LogP contribution in [0.25, 0.3) is 0 Å². The Kier molecular flexibility index (Phi) is 10.7. The van der Waals surface area contributed by atoms with Crippen molar-refractivity contribution in [1.29, 1.82) is 0 Å². The predicted molar refractivity (Wildman–Crippen MR) is 111 cm³/mol. The van der Waals surface area contributed by atoms with Gasteiger partial charge >= 0.3 is 5.97 Å². The normalized spacial score (nSPS) is 14.5. The zero-order valence-electron chi connectivity index (χ0n) is 16.5. The van der Waals surface area contributed by atoms with Gasteiger partial charge in [-0.3, -0.25) is 14.4 Å². The Morgan fingerprint density at radius 1 is 0.967 bits per heavy atom. The van der Waals surface area contributed by atoms with Crippen molar-refractivity contribution < 1.29 is 29.4 Å². The summed E-state index contributed by atoms with van der Waals surface area (Å²) >= 11 is 0. The Morgan fingerprint density at radius 3 is 1.97 bits per heavy atom. The third kappa shape index (κ3) is 9.76. The van der Waals surface area contributed by atoms with Crippen molar-refractivity contribution in [3.63, 3.8) is 0 Å². The highest BCUT2D eigenvalue weighted by Gasteiger charge is 2.23. The van der Waals surface area contributed by atoms with Crippen molar-refractivity contribution in [2.45, 2.75) is 37.8 Å². The van der Waals surface area contributed by atoms with E-state index in [4.69, 9.17) is 16.6 Å². The standard InChI is InChI=1S/C15H23N3O4.C6H4O2/c16-8-2-1-3-13(15(21)22)18-14(20)12(17)9-10-4-6-11(19)7-5-10;7-5-1-2-6(8)4-3-5/h4-7,12-13,19H,1-3,8-9,16-17H2,(H,18,20)(H,21,22);1-4H/t12-,13-;/m0./s1. The Balaban J connectivity index is 0.000000467. The van der Waals surface area contributed by atoms with Crippen LogP contribution in [-0.2, 0) is 25.6 Å². The number of unbranched alkanes of at least 4 members (excludes halogenated alkanes) is 1. The number of aliphatic carboxylic acids is 1. The fourth-order valence-electron chi connectivity index (χ4n) is 2.45. The molecule has 1 aliphatic carbocycles. The molecule has 9 nitrogen and oxygen atoms in total. The van der Waals surface area contributed by atoms with Crippen LogP contribution in [0.3, 0.4) is 0 Å². The van der Waals surface area contributed by atoms with Crippen LogP contribution in [0.15, 0.2) is 48.6 Å². The number of nitrogens with one attached hydrogen (secondary N) is 1. The van der Waals surface area contributed by atoms with Crippen LogP contribution in [0.5, 0.6) is 5.75 Å². The highest BCUT2D eigenvalue weighted by Crippen LogP contribution is 2.11. The molecule has 2 rings (SSSR count). The lowest BCUT2D eigenvalue weighted by molar-refractivity contribution is -0.142. The number of aromatic hydroxyl groups is 1. The molecule has 0 aromatic heterocycles. The number of ketones is 2. The number of carbonyl (C=O) groups excluding carboxylic acids is 3. The second kappa shape index (κ2) is 13.0. The average Bonchev–Trinajstić information content (AvgIpc) is 2.71. The number of phenols is 1. The first kappa shape index (κ1) is 24.7. The molecule has 0 fully saturated rings. The number of amides is 1. The van der Waals surface area contributed by atoms with Crippen molar-refractivity contribution in [2.24, 2.45) is 11.5 Å². The van der Waals surface area contributed by atoms with Gasteiger partial charge in [0.25, 0.3) is 0 Å². The number of allylic oxidation sites excluding steroid dienone is 4. The Morgan fingerprint density at radius 2 is 1.50 bits per heavy atom. The lowest BCUT2D eigenvalue weighted by Gasteiger charge is -2.18. The molecule has 7 N–H and O–H groups in total. The van der Waals surface area contributed by atoms with Gasteiger partial charge in [0, 0.05) is 0 Å². The van der Waals surface area contributed by atoms with E-state index >= 15 is 0 Å². The van der Waals surface area contributed by atoms with E-state index in [2.05, 4.69) is 5.32 Å². The predicted octanol–water partition coefficient (Wildman–Crippen LogP) is 0.211. The SMILES string of the molecule is NCCCC[C@H](NC(=O)[C@@H](N)Cc1ccc(O)cc1)C(=O)O.O=C1C=CC(=O)C=C1. The molecule has 1 aromatic carbocycles. The van der Waals surface area contributed by atoms with Gasteiger partial charge in [-0.25, -0.2) is 4.79 Å². The molecule has 1 aliphatic rings. The highest BCUT2D eigenvalue weighted by molar-refractivity contribution is 6.14. The van der Waals surface area contributed by atoms with Crippen molar-refractivity contribution >= 4 is 23.4 Å². The summed E-state index contributed by atoms with van der Waals surface area (Å²) in [5.41, 5.74) is 12.0. The van der Waals surface area contributed by atoms with Gasteiger partial charge in [0.1, 0.15) is 11.8 Å². The third-order valence-corrected chi connectivity index (χ3v) is 4.11. The number of carboxylic acid groups (broad SMARTS) is 1. The van der Waals surface area contributed by atoms with E-state index in [9.17, 15) is 24.3 Å². The molecule has 9 heteroatoms. The third-order valence-electron chi connectivity index (χ3n) is 4.11. The molecule has 0 spiro atoms. The van der Waals surface area contributed by atoms with Crippen molar-refractivity contribution in [1.82, 2.24) is 5.32 Å². The summed E-state index contributed by atoms with van der Waals surface area (Å²) in [5.74, 6) is -1.70. The number of rotatable bonds is 9. The van der Waals surface area contributed by atoms with Crippen molar-refractivity contribution in [2.75, 3.05) is 6.54 Å². The van der Waals surface area contributed by atoms with Crippen LogP contribution < -0.4 is 16.8 Å². The quantitative estimate of drug-likeness (QED) is 0.280. The topological polar surface area (TPSA) is 173 Å². The van der Waals surface area contributed by atoms with Crippen LogP contribution >= 0.6 is 0 Å². The van der Waals surface area contributed by atoms with Crippen LogP contribution in [-0.4, -0.2) is 52.3 Å². The van der Waals surface area contributed by atoms with Gasteiger partial charge in [-0.2, -0.15) is 0 Å². The summed E-state index contributed by atoms with van der Waals surface area (Å²) in [4.78, 5) is 43.7. The van der Waals surface area contributed by atoms with Gasteiger partial charge in [-0.1, -0.05) is 12.1 Å². The van der Waals surface area contributed by atoms with Crippen LogP contribution in [0.4, 0.5) is 0 Å². The van der Waals surface area contributed by atoms with Crippen LogP contribution in [0.1, 0.15) is 24.8 Å². The molecule has 1 amide bonds. The van der Waals surface area contributed by atoms with E-state index in [1.807, 2.05) is 0 Å². The minimum Gasteiger partial charge on any atom is -0.508 e. The summed E-state index contributed by atoms with van der Waals surface area (Å²) in [6.45, 7) is 0.487. The van der Waals surface area contributed by atoms with Gasteiger partial charge in [-0.05, 0) is 74.2 Å². The summed E-state index contributed by atoms with van der Waals surface area (Å²) in [6, 6.07) is 4.54. The lowest BCUT2D eigenvalue weighted by atomic mass is 10.0.